The molecule has 1 aliphatic rings. The molecule has 0 aliphatic carbocycles. The van der Waals surface area contributed by atoms with Crippen molar-refractivity contribution in [3.63, 3.8) is 0 Å². The highest BCUT2D eigenvalue weighted by atomic mass is 16.6. The third-order valence-corrected chi connectivity index (χ3v) is 3.64. The second-order valence-electron chi connectivity index (χ2n) is 6.49. The molecular formula is C17H26N2O2. The van der Waals surface area contributed by atoms with Gasteiger partial charge in [0, 0.05) is 19.6 Å². The van der Waals surface area contributed by atoms with E-state index in [2.05, 4.69) is 36.5 Å². The van der Waals surface area contributed by atoms with E-state index >= 15 is 0 Å². The lowest BCUT2D eigenvalue weighted by Gasteiger charge is -2.37. The molecule has 0 aromatic heterocycles. The number of ether oxygens (including phenoxy) is 1. The van der Waals surface area contributed by atoms with Gasteiger partial charge in [-0.2, -0.15) is 0 Å². The molecule has 1 aromatic carbocycles. The van der Waals surface area contributed by atoms with Crippen LogP contribution in [0.2, 0.25) is 0 Å². The lowest BCUT2D eigenvalue weighted by Crippen LogP contribution is -2.50. The van der Waals surface area contributed by atoms with Crippen LogP contribution in [-0.4, -0.2) is 36.2 Å². The molecule has 1 heterocycles. The molecule has 4 nitrogen and oxygen atoms in total. The van der Waals surface area contributed by atoms with Crippen LogP contribution in [0.5, 0.6) is 0 Å². The van der Waals surface area contributed by atoms with Crippen LogP contribution in [0.4, 0.5) is 4.79 Å². The van der Waals surface area contributed by atoms with E-state index in [9.17, 15) is 4.79 Å². The minimum absolute atomic E-state index is 0.0412. The van der Waals surface area contributed by atoms with Crippen molar-refractivity contribution in [2.24, 2.45) is 0 Å². The summed E-state index contributed by atoms with van der Waals surface area (Å²) in [5.74, 6) is 0. The predicted molar refractivity (Wildman–Crippen MR) is 84.4 cm³/mol. The first-order chi connectivity index (χ1) is 9.90. The van der Waals surface area contributed by atoms with Gasteiger partial charge in [0.15, 0.2) is 0 Å². The van der Waals surface area contributed by atoms with Crippen molar-refractivity contribution in [3.8, 4) is 0 Å². The van der Waals surface area contributed by atoms with Crippen molar-refractivity contribution in [1.82, 2.24) is 10.2 Å². The summed E-state index contributed by atoms with van der Waals surface area (Å²) in [6.07, 6.45) is 0.799. The van der Waals surface area contributed by atoms with Gasteiger partial charge < -0.3 is 10.1 Å². The molecule has 21 heavy (non-hydrogen) atoms. The second kappa shape index (κ2) is 6.48. The minimum Gasteiger partial charge on any atom is -0.444 e. The minimum atomic E-state index is -0.460. The molecule has 4 heteroatoms. The molecule has 1 aliphatic heterocycles. The van der Waals surface area contributed by atoms with Crippen molar-refractivity contribution < 1.29 is 9.53 Å². The van der Waals surface area contributed by atoms with E-state index in [1.807, 2.05) is 25.7 Å². The van der Waals surface area contributed by atoms with E-state index in [-0.39, 0.29) is 12.1 Å². The second-order valence-corrected chi connectivity index (χ2v) is 6.49. The fraction of sp³-hybridized carbons (Fsp3) is 0.588. The summed E-state index contributed by atoms with van der Waals surface area (Å²) >= 11 is 0. The van der Waals surface area contributed by atoms with E-state index in [0.717, 1.165) is 25.1 Å². The Morgan fingerprint density at radius 1 is 1.33 bits per heavy atom. The molecule has 0 saturated carbocycles. The number of nitrogens with zero attached hydrogens (tertiary/aromatic N) is 1. The van der Waals surface area contributed by atoms with Crippen molar-refractivity contribution in [1.29, 1.82) is 0 Å². The number of piperazine rings is 1. The topological polar surface area (TPSA) is 41.6 Å². The summed E-state index contributed by atoms with van der Waals surface area (Å²) in [7, 11) is 0. The van der Waals surface area contributed by atoms with Crippen molar-refractivity contribution in [3.05, 3.63) is 35.4 Å². The van der Waals surface area contributed by atoms with Gasteiger partial charge in [-0.1, -0.05) is 31.2 Å². The first kappa shape index (κ1) is 15.8. The van der Waals surface area contributed by atoms with Gasteiger partial charge in [0.05, 0.1) is 6.04 Å². The van der Waals surface area contributed by atoms with Crippen LogP contribution >= 0.6 is 0 Å². The fourth-order valence-corrected chi connectivity index (χ4v) is 2.52. The Morgan fingerprint density at radius 2 is 2.00 bits per heavy atom. The number of carbonyl (C=O) groups is 1. The van der Waals surface area contributed by atoms with E-state index in [1.54, 1.807) is 0 Å². The Balaban J connectivity index is 2.16. The van der Waals surface area contributed by atoms with E-state index < -0.39 is 5.60 Å². The lowest BCUT2D eigenvalue weighted by atomic mass is 10.0. The molecule has 0 radical (unpaired) electrons. The maximum atomic E-state index is 12.4. The smallest absolute Gasteiger partial charge is 0.410 e. The Kier molecular flexibility index (Phi) is 4.88. The molecule has 116 valence electrons. The molecule has 1 amide bonds. The highest BCUT2D eigenvalue weighted by Gasteiger charge is 2.31. The van der Waals surface area contributed by atoms with Gasteiger partial charge in [-0.15, -0.1) is 0 Å². The van der Waals surface area contributed by atoms with Gasteiger partial charge >= 0.3 is 6.09 Å². The number of carbonyl (C=O) groups excluding carboxylic acids is 1. The van der Waals surface area contributed by atoms with E-state index in [4.69, 9.17) is 4.74 Å². The van der Waals surface area contributed by atoms with E-state index in [1.165, 1.54) is 5.56 Å². The summed E-state index contributed by atoms with van der Waals surface area (Å²) < 4.78 is 5.53. The molecule has 1 fully saturated rings. The average Bonchev–Trinajstić information content (AvgIpc) is 2.45. The monoisotopic (exact) mass is 290 g/mol. The maximum absolute atomic E-state index is 12.4. The molecule has 1 unspecified atom stereocenters. The first-order valence-electron chi connectivity index (χ1n) is 7.70. The highest BCUT2D eigenvalue weighted by Crippen LogP contribution is 2.25. The Hall–Kier alpha value is -1.55. The zero-order valence-electron chi connectivity index (χ0n) is 13.5. The normalized spacial score (nSPS) is 19.4. The number of hydrogen-bond donors (Lipinski definition) is 1. The van der Waals surface area contributed by atoms with Gasteiger partial charge in [-0.3, -0.25) is 4.90 Å². The van der Waals surface area contributed by atoms with Crippen molar-refractivity contribution in [2.75, 3.05) is 19.6 Å². The third-order valence-electron chi connectivity index (χ3n) is 3.64. The number of rotatable bonds is 2. The molecule has 1 aromatic rings. The van der Waals surface area contributed by atoms with Gasteiger partial charge in [0.1, 0.15) is 5.60 Å². The molecule has 0 bridgehead atoms. The number of nitrogens with one attached hydrogen (secondary N) is 1. The van der Waals surface area contributed by atoms with Crippen LogP contribution < -0.4 is 5.32 Å². The zero-order valence-corrected chi connectivity index (χ0v) is 13.5. The van der Waals surface area contributed by atoms with Gasteiger partial charge in [-0.05, 0) is 38.3 Å². The molecular weight excluding hydrogens is 264 g/mol. The quantitative estimate of drug-likeness (QED) is 0.910. The zero-order chi connectivity index (χ0) is 15.5. The van der Waals surface area contributed by atoms with Crippen molar-refractivity contribution >= 4 is 6.09 Å². The van der Waals surface area contributed by atoms with E-state index in [0.29, 0.717) is 6.54 Å². The molecule has 1 saturated heterocycles. The summed E-state index contributed by atoms with van der Waals surface area (Å²) in [5.41, 5.74) is 2.01. The molecule has 1 N–H and O–H groups in total. The van der Waals surface area contributed by atoms with Gasteiger partial charge in [0.25, 0.3) is 0 Å². The van der Waals surface area contributed by atoms with Crippen LogP contribution in [0.25, 0.3) is 0 Å². The fourth-order valence-electron chi connectivity index (χ4n) is 2.52. The maximum Gasteiger partial charge on any atom is 0.410 e. The molecule has 1 atom stereocenters. The summed E-state index contributed by atoms with van der Waals surface area (Å²) in [6.45, 7) is 10.1. The standard InChI is InChI=1S/C17H26N2O2/c1-5-13-6-8-14(9-7-13)15-12-18-10-11-19(15)16(20)21-17(2,3)4/h6-9,15,18H,5,10-12H2,1-4H3. The van der Waals surface area contributed by atoms with Crippen LogP contribution in [-0.2, 0) is 11.2 Å². The van der Waals surface area contributed by atoms with Crippen LogP contribution in [0.3, 0.4) is 0 Å². The molecule has 2 rings (SSSR count). The Morgan fingerprint density at radius 3 is 2.57 bits per heavy atom. The predicted octanol–water partition coefficient (Wildman–Crippen LogP) is 3.13. The SMILES string of the molecule is CCc1ccc(C2CNCCN2C(=O)OC(C)(C)C)cc1. The summed E-state index contributed by atoms with van der Waals surface area (Å²) in [6, 6.07) is 8.55. The highest BCUT2D eigenvalue weighted by molar-refractivity contribution is 5.69. The van der Waals surface area contributed by atoms with Crippen LogP contribution in [0, 0.1) is 0 Å². The number of amides is 1. The molecule has 0 spiro atoms. The Labute approximate surface area is 127 Å². The summed E-state index contributed by atoms with van der Waals surface area (Å²) in [4.78, 5) is 14.2. The summed E-state index contributed by atoms with van der Waals surface area (Å²) in [5, 5.41) is 3.36. The van der Waals surface area contributed by atoms with Crippen LogP contribution in [0.15, 0.2) is 24.3 Å². The first-order valence-corrected chi connectivity index (χ1v) is 7.70. The van der Waals surface area contributed by atoms with Crippen LogP contribution in [0.1, 0.15) is 44.9 Å². The largest absolute Gasteiger partial charge is 0.444 e. The lowest BCUT2D eigenvalue weighted by molar-refractivity contribution is 0.0118. The van der Waals surface area contributed by atoms with Gasteiger partial charge in [0.2, 0.25) is 0 Å². The Bertz CT molecular complexity index is 477. The number of aryl methyl sites for hydroxylation is 1. The van der Waals surface area contributed by atoms with Gasteiger partial charge in [-0.25, -0.2) is 4.79 Å². The number of hydrogen-bond acceptors (Lipinski definition) is 3. The average molecular weight is 290 g/mol. The van der Waals surface area contributed by atoms with Crippen molar-refractivity contribution in [2.45, 2.75) is 45.8 Å². The number of benzene rings is 1. The third kappa shape index (κ3) is 4.21.